The first kappa shape index (κ1) is 9.58. The van der Waals surface area contributed by atoms with Gasteiger partial charge in [-0.15, -0.1) is 0 Å². The van der Waals surface area contributed by atoms with Crippen LogP contribution in [0.5, 0.6) is 0 Å². The molecule has 0 aromatic heterocycles. The molecule has 0 amide bonds. The van der Waals surface area contributed by atoms with E-state index in [0.717, 1.165) is 6.26 Å². The number of carbonyl (C=O) groups is 1. The van der Waals surface area contributed by atoms with Gasteiger partial charge in [-0.25, -0.2) is 13.1 Å². The van der Waals surface area contributed by atoms with Gasteiger partial charge in [0.05, 0.1) is 12.3 Å². The van der Waals surface area contributed by atoms with Crippen LogP contribution in [0.3, 0.4) is 0 Å². The van der Waals surface area contributed by atoms with E-state index in [2.05, 4.69) is 4.72 Å². The molecule has 5 heteroatoms. The van der Waals surface area contributed by atoms with Crippen LogP contribution in [-0.2, 0) is 14.8 Å². The number of ketones is 1. The van der Waals surface area contributed by atoms with E-state index in [-0.39, 0.29) is 5.78 Å². The third kappa shape index (κ3) is 4.46. The second-order valence-electron chi connectivity index (χ2n) is 2.22. The predicted molar refractivity (Wildman–Crippen MR) is 38.1 cm³/mol. The number of hydrogen-bond acceptors (Lipinski definition) is 3. The van der Waals surface area contributed by atoms with E-state index >= 15 is 0 Å². The minimum absolute atomic E-state index is 0.189. The monoisotopic (exact) mass is 165 g/mol. The highest BCUT2D eigenvalue weighted by atomic mass is 32.2. The molecule has 1 unspecified atom stereocenters. The molecule has 0 aromatic rings. The first-order valence-corrected chi connectivity index (χ1v) is 4.70. The molecule has 0 aliphatic carbocycles. The zero-order chi connectivity index (χ0) is 8.36. The average molecular weight is 165 g/mol. The van der Waals surface area contributed by atoms with Crippen molar-refractivity contribution in [1.82, 2.24) is 4.72 Å². The van der Waals surface area contributed by atoms with Crippen LogP contribution in [-0.4, -0.2) is 26.5 Å². The Kier molecular flexibility index (Phi) is 2.98. The molecular formula is C5H11NO3S. The van der Waals surface area contributed by atoms with Crippen molar-refractivity contribution in [2.45, 2.75) is 19.9 Å². The minimum atomic E-state index is -3.24. The van der Waals surface area contributed by atoms with Gasteiger partial charge in [0.2, 0.25) is 10.0 Å². The van der Waals surface area contributed by atoms with E-state index < -0.39 is 16.1 Å². The van der Waals surface area contributed by atoms with Gasteiger partial charge in [0, 0.05) is 0 Å². The molecule has 10 heavy (non-hydrogen) atoms. The first-order valence-electron chi connectivity index (χ1n) is 2.80. The fourth-order valence-electron chi connectivity index (χ4n) is 0.404. The summed E-state index contributed by atoms with van der Waals surface area (Å²) in [5, 5.41) is 0. The Morgan fingerprint density at radius 2 is 1.90 bits per heavy atom. The molecule has 0 aliphatic rings. The van der Waals surface area contributed by atoms with Crippen molar-refractivity contribution in [3.63, 3.8) is 0 Å². The smallest absolute Gasteiger partial charge is 0.209 e. The Morgan fingerprint density at radius 3 is 2.00 bits per heavy atom. The maximum Gasteiger partial charge on any atom is 0.209 e. The lowest BCUT2D eigenvalue weighted by Gasteiger charge is -2.06. The Bertz CT molecular complexity index is 219. The first-order chi connectivity index (χ1) is 4.33. The summed E-state index contributed by atoms with van der Waals surface area (Å²) in [6.07, 6.45) is 1.02. The molecular weight excluding hydrogens is 154 g/mol. The van der Waals surface area contributed by atoms with Gasteiger partial charge in [-0.3, -0.25) is 4.79 Å². The maximum atomic E-state index is 10.5. The highest BCUT2D eigenvalue weighted by Gasteiger charge is 2.11. The SMILES string of the molecule is CC(=O)C(C)NS(C)(=O)=O. The Morgan fingerprint density at radius 1 is 1.50 bits per heavy atom. The average Bonchev–Trinajstić information content (AvgIpc) is 1.60. The zero-order valence-corrected chi connectivity index (χ0v) is 7.03. The van der Waals surface area contributed by atoms with E-state index in [1.807, 2.05) is 0 Å². The van der Waals surface area contributed by atoms with Crippen molar-refractivity contribution in [3.05, 3.63) is 0 Å². The van der Waals surface area contributed by atoms with E-state index in [0.29, 0.717) is 0 Å². The lowest BCUT2D eigenvalue weighted by molar-refractivity contribution is -0.118. The lowest BCUT2D eigenvalue weighted by Crippen LogP contribution is -2.36. The number of rotatable bonds is 3. The minimum Gasteiger partial charge on any atom is -0.298 e. The van der Waals surface area contributed by atoms with Crippen LogP contribution >= 0.6 is 0 Å². The number of hydrogen-bond donors (Lipinski definition) is 1. The van der Waals surface area contributed by atoms with E-state index in [4.69, 9.17) is 0 Å². The van der Waals surface area contributed by atoms with Gasteiger partial charge in [-0.05, 0) is 13.8 Å². The second kappa shape index (κ2) is 3.12. The van der Waals surface area contributed by atoms with Crippen molar-refractivity contribution in [1.29, 1.82) is 0 Å². The third-order valence-corrected chi connectivity index (χ3v) is 1.78. The van der Waals surface area contributed by atoms with Gasteiger partial charge in [0.25, 0.3) is 0 Å². The topological polar surface area (TPSA) is 63.2 Å². The molecule has 4 nitrogen and oxygen atoms in total. The van der Waals surface area contributed by atoms with E-state index in [9.17, 15) is 13.2 Å². The van der Waals surface area contributed by atoms with Crippen molar-refractivity contribution in [3.8, 4) is 0 Å². The summed E-state index contributed by atoms with van der Waals surface area (Å²) in [5.74, 6) is -0.189. The van der Waals surface area contributed by atoms with Gasteiger partial charge < -0.3 is 0 Å². The molecule has 0 aromatic carbocycles. The van der Waals surface area contributed by atoms with Crippen molar-refractivity contribution >= 4 is 15.8 Å². The lowest BCUT2D eigenvalue weighted by atomic mass is 10.3. The molecule has 1 N–H and O–H groups in total. The number of sulfonamides is 1. The molecule has 0 rings (SSSR count). The number of nitrogens with one attached hydrogen (secondary N) is 1. The largest absolute Gasteiger partial charge is 0.298 e. The van der Waals surface area contributed by atoms with Crippen LogP contribution in [0.1, 0.15) is 13.8 Å². The molecule has 0 aliphatic heterocycles. The summed E-state index contributed by atoms with van der Waals surface area (Å²) < 4.78 is 23.1. The quantitative estimate of drug-likeness (QED) is 0.614. The molecule has 0 spiro atoms. The molecule has 0 radical (unpaired) electrons. The summed E-state index contributed by atoms with van der Waals surface area (Å²) in [5.41, 5.74) is 0. The van der Waals surface area contributed by atoms with Gasteiger partial charge in [-0.2, -0.15) is 0 Å². The second-order valence-corrected chi connectivity index (χ2v) is 4.00. The van der Waals surface area contributed by atoms with Gasteiger partial charge >= 0.3 is 0 Å². The maximum absolute atomic E-state index is 10.5. The van der Waals surface area contributed by atoms with Crippen LogP contribution in [0.4, 0.5) is 0 Å². The van der Waals surface area contributed by atoms with E-state index in [1.165, 1.54) is 13.8 Å². The van der Waals surface area contributed by atoms with Crippen molar-refractivity contribution < 1.29 is 13.2 Å². The summed E-state index contributed by atoms with van der Waals surface area (Å²) in [4.78, 5) is 10.5. The summed E-state index contributed by atoms with van der Waals surface area (Å²) >= 11 is 0. The fraction of sp³-hybridized carbons (Fsp3) is 0.800. The van der Waals surface area contributed by atoms with E-state index in [1.54, 1.807) is 0 Å². The Balaban J connectivity index is 4.06. The molecule has 60 valence electrons. The fourth-order valence-corrected chi connectivity index (χ4v) is 1.21. The van der Waals surface area contributed by atoms with Crippen LogP contribution in [0.25, 0.3) is 0 Å². The van der Waals surface area contributed by atoms with Crippen LogP contribution in [0.2, 0.25) is 0 Å². The summed E-state index contributed by atoms with van der Waals surface area (Å²) in [7, 11) is -3.24. The van der Waals surface area contributed by atoms with Crippen molar-refractivity contribution in [2.75, 3.05) is 6.26 Å². The molecule has 0 saturated carbocycles. The molecule has 0 fully saturated rings. The standard InChI is InChI=1S/C5H11NO3S/c1-4(5(2)7)6-10(3,8)9/h4,6H,1-3H3. The number of carbonyl (C=O) groups excluding carboxylic acids is 1. The third-order valence-electron chi connectivity index (χ3n) is 1.00. The predicted octanol–water partition coefficient (Wildman–Crippen LogP) is -0.487. The summed E-state index contributed by atoms with van der Waals surface area (Å²) in [6, 6.07) is -0.616. The number of Topliss-reactive ketones (excluding diaryl/α,β-unsaturated/α-hetero) is 1. The van der Waals surface area contributed by atoms with Gasteiger partial charge in [0.1, 0.15) is 5.78 Å². The van der Waals surface area contributed by atoms with Crippen LogP contribution < -0.4 is 4.72 Å². The molecule has 0 bridgehead atoms. The van der Waals surface area contributed by atoms with Crippen molar-refractivity contribution in [2.24, 2.45) is 0 Å². The summed E-state index contributed by atoms with van der Waals surface area (Å²) in [6.45, 7) is 2.84. The zero-order valence-electron chi connectivity index (χ0n) is 6.21. The van der Waals surface area contributed by atoms with Gasteiger partial charge in [0.15, 0.2) is 0 Å². The van der Waals surface area contributed by atoms with Crippen LogP contribution in [0, 0.1) is 0 Å². The normalized spacial score (nSPS) is 14.7. The molecule has 1 atom stereocenters. The van der Waals surface area contributed by atoms with Gasteiger partial charge in [-0.1, -0.05) is 0 Å². The van der Waals surface area contributed by atoms with Crippen LogP contribution in [0.15, 0.2) is 0 Å². The Hall–Kier alpha value is -0.420. The molecule has 0 heterocycles. The highest BCUT2D eigenvalue weighted by Crippen LogP contribution is 1.85. The highest BCUT2D eigenvalue weighted by molar-refractivity contribution is 7.88. The Labute approximate surface area is 60.7 Å². The molecule has 0 saturated heterocycles.